The molecule has 0 saturated heterocycles. The molecule has 2 aromatic carbocycles. The van der Waals surface area contributed by atoms with Crippen molar-refractivity contribution in [3.63, 3.8) is 0 Å². The summed E-state index contributed by atoms with van der Waals surface area (Å²) in [6.07, 6.45) is 0.830. The number of nitrogens with zero attached hydrogens (tertiary/aromatic N) is 1. The van der Waals surface area contributed by atoms with E-state index in [0.717, 1.165) is 17.5 Å². The first-order chi connectivity index (χ1) is 14.3. The van der Waals surface area contributed by atoms with E-state index in [2.05, 4.69) is 5.32 Å². The van der Waals surface area contributed by atoms with Gasteiger partial charge >= 0.3 is 0 Å². The van der Waals surface area contributed by atoms with E-state index in [-0.39, 0.29) is 24.1 Å². The molecular formula is C22H25Cl3N2O2S. The molecule has 2 aromatic rings. The molecule has 0 aliphatic rings. The van der Waals surface area contributed by atoms with E-state index in [1.807, 2.05) is 37.3 Å². The maximum atomic E-state index is 13.0. The summed E-state index contributed by atoms with van der Waals surface area (Å²) >= 11 is 19.5. The second-order valence-electron chi connectivity index (χ2n) is 6.86. The number of halogens is 3. The molecule has 0 heterocycles. The molecule has 0 bridgehead atoms. The zero-order chi connectivity index (χ0) is 22.1. The van der Waals surface area contributed by atoms with Crippen LogP contribution >= 0.6 is 46.6 Å². The molecule has 8 heteroatoms. The molecule has 30 heavy (non-hydrogen) atoms. The number of hydrogen-bond donors (Lipinski definition) is 1. The minimum absolute atomic E-state index is 0.112. The molecule has 0 unspecified atom stereocenters. The highest BCUT2D eigenvalue weighted by molar-refractivity contribution is 7.99. The monoisotopic (exact) mass is 486 g/mol. The summed E-state index contributed by atoms with van der Waals surface area (Å²) < 4.78 is 0. The van der Waals surface area contributed by atoms with Crippen molar-refractivity contribution in [2.75, 3.05) is 12.3 Å². The summed E-state index contributed by atoms with van der Waals surface area (Å²) in [5.74, 6) is 0.655. The smallest absolute Gasteiger partial charge is 0.242 e. The van der Waals surface area contributed by atoms with Crippen molar-refractivity contribution in [1.29, 1.82) is 0 Å². The van der Waals surface area contributed by atoms with Crippen LogP contribution in [0.5, 0.6) is 0 Å². The lowest BCUT2D eigenvalue weighted by molar-refractivity contribution is -0.138. The van der Waals surface area contributed by atoms with Crippen molar-refractivity contribution in [2.45, 2.75) is 38.6 Å². The number of carbonyl (C=O) groups excluding carboxylic acids is 2. The second-order valence-corrected chi connectivity index (χ2v) is 9.09. The Morgan fingerprint density at radius 2 is 1.70 bits per heavy atom. The minimum atomic E-state index is -0.602. The van der Waals surface area contributed by atoms with Crippen LogP contribution < -0.4 is 5.32 Å². The van der Waals surface area contributed by atoms with Gasteiger partial charge in [0.15, 0.2) is 0 Å². The molecule has 0 spiro atoms. The Bertz CT molecular complexity index is 862. The fourth-order valence-electron chi connectivity index (χ4n) is 2.73. The first-order valence-corrected chi connectivity index (χ1v) is 11.9. The number of benzene rings is 2. The van der Waals surface area contributed by atoms with Crippen LogP contribution in [0, 0.1) is 0 Å². The zero-order valence-electron chi connectivity index (χ0n) is 17.0. The molecule has 162 valence electrons. The summed E-state index contributed by atoms with van der Waals surface area (Å²) in [4.78, 5) is 27.1. The lowest BCUT2D eigenvalue weighted by Crippen LogP contribution is -2.48. The molecule has 4 nitrogen and oxygen atoms in total. The second kappa shape index (κ2) is 12.5. The van der Waals surface area contributed by atoms with Crippen molar-refractivity contribution >= 4 is 58.4 Å². The van der Waals surface area contributed by atoms with E-state index in [9.17, 15) is 9.59 Å². The first kappa shape index (κ1) is 24.9. The summed E-state index contributed by atoms with van der Waals surface area (Å²) in [6, 6.07) is 12.2. The Balaban J connectivity index is 2.07. The van der Waals surface area contributed by atoms with E-state index in [0.29, 0.717) is 27.4 Å². The summed E-state index contributed by atoms with van der Waals surface area (Å²) in [5, 5.41) is 4.41. The standard InChI is InChI=1S/C22H25Cl3N2O2S/c1-3-10-26-22(29)15(2)27(12-17-6-9-19(24)20(25)11-17)21(28)14-30-13-16-4-7-18(23)8-5-16/h4-9,11,15H,3,10,12-14H2,1-2H3,(H,26,29)/t15-/m0/s1. The van der Waals surface area contributed by atoms with Crippen LogP contribution in [0.15, 0.2) is 42.5 Å². The number of hydrogen-bond acceptors (Lipinski definition) is 3. The Kier molecular flexibility index (Phi) is 10.3. The van der Waals surface area contributed by atoms with Crippen molar-refractivity contribution in [3.8, 4) is 0 Å². The average molecular weight is 488 g/mol. The van der Waals surface area contributed by atoms with Crippen LogP contribution in [0.4, 0.5) is 0 Å². The largest absolute Gasteiger partial charge is 0.354 e. The predicted molar refractivity (Wildman–Crippen MR) is 127 cm³/mol. The van der Waals surface area contributed by atoms with Crippen molar-refractivity contribution in [2.24, 2.45) is 0 Å². The SMILES string of the molecule is CCCNC(=O)[C@H](C)N(Cc1ccc(Cl)c(Cl)c1)C(=O)CSCc1ccc(Cl)cc1. The molecule has 0 fully saturated rings. The van der Waals surface area contributed by atoms with Gasteiger partial charge in [0.1, 0.15) is 6.04 Å². The average Bonchev–Trinajstić information content (AvgIpc) is 2.73. The van der Waals surface area contributed by atoms with Gasteiger partial charge in [-0.25, -0.2) is 0 Å². The van der Waals surface area contributed by atoms with Gasteiger partial charge in [-0.05, 0) is 48.7 Å². The molecule has 0 aliphatic carbocycles. The van der Waals surface area contributed by atoms with Gasteiger partial charge < -0.3 is 10.2 Å². The van der Waals surface area contributed by atoms with E-state index >= 15 is 0 Å². The lowest BCUT2D eigenvalue weighted by atomic mass is 10.1. The van der Waals surface area contributed by atoms with Gasteiger partial charge in [-0.2, -0.15) is 0 Å². The third-order valence-electron chi connectivity index (χ3n) is 4.46. The van der Waals surface area contributed by atoms with E-state index < -0.39 is 6.04 Å². The minimum Gasteiger partial charge on any atom is -0.354 e. The van der Waals surface area contributed by atoms with Crippen molar-refractivity contribution in [3.05, 3.63) is 68.7 Å². The lowest BCUT2D eigenvalue weighted by Gasteiger charge is -2.29. The topological polar surface area (TPSA) is 49.4 Å². The molecule has 2 amide bonds. The molecule has 0 aromatic heterocycles. The normalized spacial score (nSPS) is 11.8. The highest BCUT2D eigenvalue weighted by atomic mass is 35.5. The number of nitrogens with one attached hydrogen (secondary N) is 1. The highest BCUT2D eigenvalue weighted by Gasteiger charge is 2.26. The van der Waals surface area contributed by atoms with Gasteiger partial charge in [0.25, 0.3) is 0 Å². The molecule has 2 rings (SSSR count). The van der Waals surface area contributed by atoms with Crippen LogP contribution in [0.3, 0.4) is 0 Å². The molecular weight excluding hydrogens is 463 g/mol. The first-order valence-electron chi connectivity index (χ1n) is 9.65. The van der Waals surface area contributed by atoms with Gasteiger partial charge in [-0.15, -0.1) is 11.8 Å². The fraction of sp³-hybridized carbons (Fsp3) is 0.364. The van der Waals surface area contributed by atoms with Crippen LogP contribution in [0.25, 0.3) is 0 Å². The van der Waals surface area contributed by atoms with Crippen LogP contribution in [-0.2, 0) is 21.9 Å². The number of carbonyl (C=O) groups is 2. The molecule has 0 radical (unpaired) electrons. The Labute approximate surface area is 197 Å². The molecule has 0 saturated carbocycles. The molecule has 1 atom stereocenters. The summed E-state index contributed by atoms with van der Waals surface area (Å²) in [7, 11) is 0. The van der Waals surface area contributed by atoms with E-state index in [4.69, 9.17) is 34.8 Å². The molecule has 0 aliphatic heterocycles. The van der Waals surface area contributed by atoms with Crippen LogP contribution in [-0.4, -0.2) is 35.1 Å². The summed E-state index contributed by atoms with van der Waals surface area (Å²) in [6.45, 7) is 4.57. The van der Waals surface area contributed by atoms with Gasteiger partial charge in [-0.3, -0.25) is 9.59 Å². The van der Waals surface area contributed by atoms with Gasteiger partial charge in [0.05, 0.1) is 15.8 Å². The highest BCUT2D eigenvalue weighted by Crippen LogP contribution is 2.24. The Morgan fingerprint density at radius 3 is 2.33 bits per heavy atom. The summed E-state index contributed by atoms with van der Waals surface area (Å²) in [5.41, 5.74) is 1.90. The van der Waals surface area contributed by atoms with E-state index in [1.165, 1.54) is 11.8 Å². The van der Waals surface area contributed by atoms with E-state index in [1.54, 1.807) is 24.0 Å². The maximum Gasteiger partial charge on any atom is 0.242 e. The third-order valence-corrected chi connectivity index (χ3v) is 6.44. The zero-order valence-corrected chi connectivity index (χ0v) is 20.0. The number of rotatable bonds is 10. The maximum absolute atomic E-state index is 13.0. The quantitative estimate of drug-likeness (QED) is 0.459. The molecule has 1 N–H and O–H groups in total. The Morgan fingerprint density at radius 1 is 1.03 bits per heavy atom. The van der Waals surface area contributed by atoms with Gasteiger partial charge in [0.2, 0.25) is 11.8 Å². The Hall–Kier alpha value is -1.40. The number of amides is 2. The van der Waals surface area contributed by atoms with Crippen molar-refractivity contribution in [1.82, 2.24) is 10.2 Å². The van der Waals surface area contributed by atoms with Crippen LogP contribution in [0.2, 0.25) is 15.1 Å². The van der Waals surface area contributed by atoms with Gasteiger partial charge in [0, 0.05) is 23.9 Å². The third kappa shape index (κ3) is 7.69. The fourth-order valence-corrected chi connectivity index (χ4v) is 4.05. The predicted octanol–water partition coefficient (Wildman–Crippen LogP) is 5.82. The number of thioether (sulfide) groups is 1. The van der Waals surface area contributed by atoms with Gasteiger partial charge in [-0.1, -0.05) is 59.9 Å². The van der Waals surface area contributed by atoms with Crippen molar-refractivity contribution < 1.29 is 9.59 Å². The van der Waals surface area contributed by atoms with Crippen LogP contribution in [0.1, 0.15) is 31.4 Å².